The summed E-state index contributed by atoms with van der Waals surface area (Å²) in [6.45, 7) is 5.17. The van der Waals surface area contributed by atoms with Gasteiger partial charge in [0.1, 0.15) is 17.9 Å². The van der Waals surface area contributed by atoms with Crippen LogP contribution in [0.2, 0.25) is 0 Å². The Morgan fingerprint density at radius 2 is 1.94 bits per heavy atom. The number of hydrogen-bond acceptors (Lipinski definition) is 6. The van der Waals surface area contributed by atoms with Crippen LogP contribution >= 0.6 is 0 Å². The second kappa shape index (κ2) is 10.1. The van der Waals surface area contributed by atoms with Crippen molar-refractivity contribution in [1.29, 1.82) is 0 Å². The fourth-order valence-electron chi connectivity index (χ4n) is 4.47. The van der Waals surface area contributed by atoms with Crippen LogP contribution in [0.1, 0.15) is 30.1 Å². The lowest BCUT2D eigenvalue weighted by Gasteiger charge is -2.26. The average Bonchev–Trinajstić information content (AvgIpc) is 3.57. The van der Waals surface area contributed by atoms with Gasteiger partial charge in [0.15, 0.2) is 6.61 Å². The molecule has 0 spiro atoms. The van der Waals surface area contributed by atoms with Crippen molar-refractivity contribution in [2.24, 2.45) is 0 Å². The van der Waals surface area contributed by atoms with Gasteiger partial charge in [-0.15, -0.1) is 0 Å². The predicted octanol–water partition coefficient (Wildman–Crippen LogP) is 2.84. The summed E-state index contributed by atoms with van der Waals surface area (Å²) in [6, 6.07) is 13.9. The zero-order valence-corrected chi connectivity index (χ0v) is 18.7. The van der Waals surface area contributed by atoms with Gasteiger partial charge in [-0.25, -0.2) is 9.97 Å². The minimum absolute atomic E-state index is 0.00951. The Labute approximate surface area is 193 Å². The Morgan fingerprint density at radius 1 is 1.09 bits per heavy atom. The molecule has 0 aliphatic carbocycles. The molecule has 8 heteroatoms. The molecular formula is C25H29N5O3. The highest BCUT2D eigenvalue weighted by Crippen LogP contribution is 2.31. The summed E-state index contributed by atoms with van der Waals surface area (Å²) in [5.41, 5.74) is 2.14. The van der Waals surface area contributed by atoms with Crippen molar-refractivity contribution in [3.63, 3.8) is 0 Å². The molecule has 8 nitrogen and oxygen atoms in total. The monoisotopic (exact) mass is 447 g/mol. The van der Waals surface area contributed by atoms with Crippen molar-refractivity contribution in [2.45, 2.75) is 25.4 Å². The second-order valence-electron chi connectivity index (χ2n) is 8.46. The molecule has 2 aromatic heterocycles. The van der Waals surface area contributed by atoms with Crippen LogP contribution in [-0.4, -0.2) is 69.7 Å². The van der Waals surface area contributed by atoms with Crippen molar-refractivity contribution in [3.05, 3.63) is 72.4 Å². The number of likely N-dealkylation sites (tertiary alicyclic amines) is 1. The van der Waals surface area contributed by atoms with E-state index < -0.39 is 0 Å². The SMILES string of the molecule is O=C(COc1ccc(CN2CCOCC2)cc1)N1CCCC1c1cccc(-n2ccnc2)n1. The summed E-state index contributed by atoms with van der Waals surface area (Å²) >= 11 is 0. The van der Waals surface area contributed by atoms with Crippen LogP contribution in [0, 0.1) is 0 Å². The third-order valence-corrected chi connectivity index (χ3v) is 6.23. The van der Waals surface area contributed by atoms with Crippen LogP contribution in [0.4, 0.5) is 0 Å². The summed E-state index contributed by atoms with van der Waals surface area (Å²) in [4.78, 5) is 26.1. The Kier molecular flexibility index (Phi) is 6.64. The van der Waals surface area contributed by atoms with Crippen LogP contribution in [-0.2, 0) is 16.1 Å². The lowest BCUT2D eigenvalue weighted by Crippen LogP contribution is -2.35. The predicted molar refractivity (Wildman–Crippen MR) is 123 cm³/mol. The van der Waals surface area contributed by atoms with Gasteiger partial charge in [0.05, 0.1) is 24.9 Å². The smallest absolute Gasteiger partial charge is 0.261 e. The fourth-order valence-corrected chi connectivity index (χ4v) is 4.47. The number of benzene rings is 1. The van der Waals surface area contributed by atoms with Gasteiger partial charge in [-0.2, -0.15) is 0 Å². The summed E-state index contributed by atoms with van der Waals surface area (Å²) in [5.74, 6) is 1.51. The average molecular weight is 448 g/mol. The first kappa shape index (κ1) is 21.6. The maximum atomic E-state index is 13.0. The molecule has 33 heavy (non-hydrogen) atoms. The molecular weight excluding hydrogens is 418 g/mol. The lowest BCUT2D eigenvalue weighted by molar-refractivity contribution is -0.134. The van der Waals surface area contributed by atoms with Crippen molar-refractivity contribution >= 4 is 5.91 Å². The van der Waals surface area contributed by atoms with E-state index >= 15 is 0 Å². The molecule has 1 atom stereocenters. The highest BCUT2D eigenvalue weighted by Gasteiger charge is 2.31. The largest absolute Gasteiger partial charge is 0.484 e. The number of imidazole rings is 1. The molecule has 3 aromatic rings. The molecule has 4 heterocycles. The Bertz CT molecular complexity index is 1050. The number of amides is 1. The minimum Gasteiger partial charge on any atom is -0.484 e. The molecule has 0 radical (unpaired) electrons. The Balaban J connectivity index is 1.18. The lowest BCUT2D eigenvalue weighted by atomic mass is 10.1. The summed E-state index contributed by atoms with van der Waals surface area (Å²) in [7, 11) is 0. The van der Waals surface area contributed by atoms with E-state index in [4.69, 9.17) is 14.5 Å². The fraction of sp³-hybridized carbons (Fsp3) is 0.400. The molecule has 1 amide bonds. The Morgan fingerprint density at radius 3 is 2.73 bits per heavy atom. The second-order valence-corrected chi connectivity index (χ2v) is 8.46. The zero-order valence-electron chi connectivity index (χ0n) is 18.7. The molecule has 2 fully saturated rings. The van der Waals surface area contributed by atoms with Gasteiger partial charge in [0, 0.05) is 38.6 Å². The molecule has 2 aliphatic rings. The first-order valence-corrected chi connectivity index (χ1v) is 11.5. The van der Waals surface area contributed by atoms with Crippen LogP contribution in [0.25, 0.3) is 5.82 Å². The number of ether oxygens (including phenoxy) is 2. The summed E-state index contributed by atoms with van der Waals surface area (Å²) in [6.07, 6.45) is 7.19. The number of pyridine rings is 1. The van der Waals surface area contributed by atoms with Gasteiger partial charge >= 0.3 is 0 Å². The third kappa shape index (κ3) is 5.23. The number of rotatable bonds is 7. The van der Waals surface area contributed by atoms with Crippen LogP contribution in [0.5, 0.6) is 5.75 Å². The van der Waals surface area contributed by atoms with Gasteiger partial charge in [-0.3, -0.25) is 14.3 Å². The van der Waals surface area contributed by atoms with E-state index in [2.05, 4.69) is 22.0 Å². The topological polar surface area (TPSA) is 72.7 Å². The van der Waals surface area contributed by atoms with Crippen molar-refractivity contribution in [3.8, 4) is 11.6 Å². The summed E-state index contributed by atoms with van der Waals surface area (Å²) in [5, 5.41) is 0. The quantitative estimate of drug-likeness (QED) is 0.555. The number of carbonyl (C=O) groups excluding carboxylic acids is 1. The molecule has 1 aromatic carbocycles. The van der Waals surface area contributed by atoms with Crippen molar-refractivity contribution in [2.75, 3.05) is 39.5 Å². The molecule has 172 valence electrons. The van der Waals surface area contributed by atoms with E-state index in [0.29, 0.717) is 5.75 Å². The standard InChI is InChI=1S/C25H29N5O3/c31-25(18-33-21-8-6-20(7-9-21)17-28-13-15-32-16-14-28)30-11-2-4-23(30)22-3-1-5-24(27-22)29-12-10-26-19-29/h1,3,5-10,12,19,23H,2,4,11,13-18H2. The summed E-state index contributed by atoms with van der Waals surface area (Å²) < 4.78 is 13.1. The van der Waals surface area contributed by atoms with E-state index in [-0.39, 0.29) is 18.6 Å². The minimum atomic E-state index is -0.0273. The highest BCUT2D eigenvalue weighted by atomic mass is 16.5. The third-order valence-electron chi connectivity index (χ3n) is 6.23. The van der Waals surface area contributed by atoms with Crippen LogP contribution in [0.3, 0.4) is 0 Å². The number of nitrogens with zero attached hydrogens (tertiary/aromatic N) is 5. The number of hydrogen-bond donors (Lipinski definition) is 0. The van der Waals surface area contributed by atoms with Gasteiger partial charge in [-0.05, 0) is 42.7 Å². The molecule has 1 unspecified atom stereocenters. The Hall–Kier alpha value is -3.23. The normalized spacial score (nSPS) is 19.0. The molecule has 0 N–H and O–H groups in total. The molecule has 2 saturated heterocycles. The first-order chi connectivity index (χ1) is 16.3. The van der Waals surface area contributed by atoms with Gasteiger partial charge in [-0.1, -0.05) is 18.2 Å². The van der Waals surface area contributed by atoms with Gasteiger partial charge in [0.2, 0.25) is 0 Å². The molecule has 2 aliphatic heterocycles. The number of morpholine rings is 1. The number of aromatic nitrogens is 3. The van der Waals surface area contributed by atoms with Gasteiger partial charge in [0.25, 0.3) is 5.91 Å². The first-order valence-electron chi connectivity index (χ1n) is 11.5. The van der Waals surface area contributed by atoms with Gasteiger partial charge < -0.3 is 14.4 Å². The van der Waals surface area contributed by atoms with E-state index in [1.807, 2.05) is 46.0 Å². The van der Waals surface area contributed by atoms with E-state index in [1.54, 1.807) is 12.5 Å². The zero-order chi connectivity index (χ0) is 22.5. The molecule has 5 rings (SSSR count). The molecule has 0 bridgehead atoms. The highest BCUT2D eigenvalue weighted by molar-refractivity contribution is 5.78. The van der Waals surface area contributed by atoms with E-state index in [9.17, 15) is 4.79 Å². The van der Waals surface area contributed by atoms with Crippen molar-refractivity contribution < 1.29 is 14.3 Å². The molecule has 0 saturated carbocycles. The number of carbonyl (C=O) groups is 1. The van der Waals surface area contributed by atoms with E-state index in [0.717, 1.165) is 63.7 Å². The van der Waals surface area contributed by atoms with Crippen molar-refractivity contribution in [1.82, 2.24) is 24.3 Å². The maximum Gasteiger partial charge on any atom is 0.261 e. The van der Waals surface area contributed by atoms with Crippen LogP contribution in [0.15, 0.2) is 61.2 Å². The maximum absolute atomic E-state index is 13.0. The van der Waals surface area contributed by atoms with E-state index in [1.165, 1.54) is 5.56 Å². The van der Waals surface area contributed by atoms with Crippen LogP contribution < -0.4 is 4.74 Å².